The highest BCUT2D eigenvalue weighted by atomic mass is 79.9. The summed E-state index contributed by atoms with van der Waals surface area (Å²) in [6.45, 7) is 0.977. The predicted octanol–water partition coefficient (Wildman–Crippen LogP) is 2.92. The van der Waals surface area contributed by atoms with Crippen molar-refractivity contribution >= 4 is 38.4 Å². The van der Waals surface area contributed by atoms with E-state index in [1.165, 1.54) is 0 Å². The fourth-order valence-electron chi connectivity index (χ4n) is 2.10. The van der Waals surface area contributed by atoms with E-state index in [0.29, 0.717) is 6.07 Å². The van der Waals surface area contributed by atoms with E-state index in [4.69, 9.17) is 0 Å². The Kier molecular flexibility index (Phi) is 6.70. The van der Waals surface area contributed by atoms with Crippen LogP contribution < -0.4 is 10.0 Å². The van der Waals surface area contributed by atoms with Crippen LogP contribution in [0.3, 0.4) is 0 Å². The Hall–Kier alpha value is -0.350. The molecule has 1 saturated heterocycles. The molecule has 0 saturated carbocycles. The molecule has 0 radical (unpaired) electrons. The number of hydrogen-bond donors (Lipinski definition) is 2. The van der Waals surface area contributed by atoms with E-state index < -0.39 is 26.7 Å². The van der Waals surface area contributed by atoms with Gasteiger partial charge in [-0.05, 0) is 53.5 Å². The first kappa shape index (κ1) is 19.7. The van der Waals surface area contributed by atoms with Gasteiger partial charge in [-0.2, -0.15) is 13.2 Å². The van der Waals surface area contributed by atoms with Crippen LogP contribution in [0.5, 0.6) is 0 Å². The van der Waals surface area contributed by atoms with Gasteiger partial charge >= 0.3 is 6.18 Å². The summed E-state index contributed by atoms with van der Waals surface area (Å²) in [7, 11) is -4.00. The van der Waals surface area contributed by atoms with Gasteiger partial charge < -0.3 is 5.32 Å². The summed E-state index contributed by atoms with van der Waals surface area (Å²) in [5.74, 6) is 0. The molecule has 1 heterocycles. The summed E-state index contributed by atoms with van der Waals surface area (Å²) < 4.78 is 64.8. The van der Waals surface area contributed by atoms with E-state index in [1.807, 2.05) is 0 Å². The molecule has 4 nitrogen and oxygen atoms in total. The zero-order valence-electron chi connectivity index (χ0n) is 11.3. The van der Waals surface area contributed by atoms with Gasteiger partial charge in [0, 0.05) is 17.1 Å². The number of alkyl halides is 3. The second-order valence-corrected chi connectivity index (χ2v) is 7.38. The smallest absolute Gasteiger partial charge is 0.313 e. The normalized spacial score (nSPS) is 19.0. The van der Waals surface area contributed by atoms with Crippen LogP contribution in [0.25, 0.3) is 0 Å². The molecule has 0 bridgehead atoms. The highest BCUT2D eigenvalue weighted by Gasteiger charge is 2.32. The molecule has 10 heteroatoms. The fourth-order valence-corrected chi connectivity index (χ4v) is 4.17. The summed E-state index contributed by atoms with van der Waals surface area (Å²) in [6, 6.07) is 2.57. The van der Waals surface area contributed by atoms with Gasteiger partial charge in [0.2, 0.25) is 10.0 Å². The van der Waals surface area contributed by atoms with Crippen LogP contribution in [0.4, 0.5) is 13.2 Å². The van der Waals surface area contributed by atoms with Gasteiger partial charge in [-0.1, -0.05) is 0 Å². The second kappa shape index (κ2) is 7.48. The van der Waals surface area contributed by atoms with E-state index >= 15 is 0 Å². The van der Waals surface area contributed by atoms with Crippen LogP contribution in [-0.2, 0) is 16.2 Å². The molecular formula is C12H15BrClF3N2O2S. The van der Waals surface area contributed by atoms with Gasteiger partial charge in [-0.25, -0.2) is 13.1 Å². The molecule has 1 unspecified atom stereocenters. The highest BCUT2D eigenvalue weighted by molar-refractivity contribution is 9.10. The van der Waals surface area contributed by atoms with Gasteiger partial charge in [0.15, 0.2) is 0 Å². The molecular weight excluding hydrogens is 409 g/mol. The monoisotopic (exact) mass is 422 g/mol. The van der Waals surface area contributed by atoms with Crippen LogP contribution in [0.2, 0.25) is 0 Å². The SMILES string of the molecule is Cl.O=S(=O)(NCC1CCCN1)c1cc(C(F)(F)F)ccc1Br. The molecule has 0 amide bonds. The third kappa shape index (κ3) is 4.82. The number of halogens is 5. The minimum atomic E-state index is -4.59. The largest absolute Gasteiger partial charge is 0.416 e. The minimum absolute atomic E-state index is 0. The number of sulfonamides is 1. The Labute approximate surface area is 141 Å². The lowest BCUT2D eigenvalue weighted by molar-refractivity contribution is -0.137. The molecule has 1 aromatic rings. The van der Waals surface area contributed by atoms with Crippen molar-refractivity contribution in [2.24, 2.45) is 0 Å². The number of nitrogens with one attached hydrogen (secondary N) is 2. The number of benzene rings is 1. The Morgan fingerprint density at radius 1 is 1.36 bits per heavy atom. The average molecular weight is 424 g/mol. The zero-order valence-corrected chi connectivity index (χ0v) is 14.5. The topological polar surface area (TPSA) is 58.2 Å². The van der Waals surface area contributed by atoms with Crippen molar-refractivity contribution in [3.05, 3.63) is 28.2 Å². The van der Waals surface area contributed by atoms with Crippen LogP contribution in [0.1, 0.15) is 18.4 Å². The van der Waals surface area contributed by atoms with Crippen LogP contribution >= 0.6 is 28.3 Å². The Balaban J connectivity index is 0.00000242. The maximum absolute atomic E-state index is 12.7. The lowest BCUT2D eigenvalue weighted by Gasteiger charge is -2.14. The van der Waals surface area contributed by atoms with Crippen molar-refractivity contribution in [2.75, 3.05) is 13.1 Å². The summed E-state index contributed by atoms with van der Waals surface area (Å²) in [4.78, 5) is -0.407. The van der Waals surface area contributed by atoms with Crippen LogP contribution in [0.15, 0.2) is 27.6 Å². The van der Waals surface area contributed by atoms with Crippen LogP contribution in [0, 0.1) is 0 Å². The van der Waals surface area contributed by atoms with Gasteiger partial charge in [0.05, 0.1) is 10.5 Å². The molecule has 1 fully saturated rings. The van der Waals surface area contributed by atoms with E-state index in [9.17, 15) is 21.6 Å². The van der Waals surface area contributed by atoms with Crippen molar-refractivity contribution in [2.45, 2.75) is 30.0 Å². The molecule has 1 aromatic carbocycles. The molecule has 0 spiro atoms. The van der Waals surface area contributed by atoms with Crippen molar-refractivity contribution in [3.63, 3.8) is 0 Å². The van der Waals surface area contributed by atoms with Gasteiger partial charge in [0.25, 0.3) is 0 Å². The Morgan fingerprint density at radius 2 is 2.05 bits per heavy atom. The Morgan fingerprint density at radius 3 is 2.59 bits per heavy atom. The molecule has 22 heavy (non-hydrogen) atoms. The van der Waals surface area contributed by atoms with E-state index in [2.05, 4.69) is 26.0 Å². The Bertz CT molecular complexity index is 619. The number of rotatable bonds is 4. The number of hydrogen-bond acceptors (Lipinski definition) is 3. The van der Waals surface area contributed by atoms with Crippen molar-refractivity contribution in [1.29, 1.82) is 0 Å². The van der Waals surface area contributed by atoms with Crippen molar-refractivity contribution in [3.8, 4) is 0 Å². The van der Waals surface area contributed by atoms with Gasteiger partial charge in [-0.3, -0.25) is 0 Å². The second-order valence-electron chi connectivity index (χ2n) is 4.79. The van der Waals surface area contributed by atoms with E-state index in [0.717, 1.165) is 31.5 Å². The maximum atomic E-state index is 12.7. The quantitative estimate of drug-likeness (QED) is 0.783. The first-order valence-electron chi connectivity index (χ1n) is 6.30. The predicted molar refractivity (Wildman–Crippen MR) is 82.6 cm³/mol. The molecule has 1 atom stereocenters. The molecule has 0 aromatic heterocycles. The fraction of sp³-hybridized carbons (Fsp3) is 0.500. The lowest BCUT2D eigenvalue weighted by Crippen LogP contribution is -2.37. The van der Waals surface area contributed by atoms with Gasteiger partial charge in [-0.15, -0.1) is 12.4 Å². The molecule has 1 aliphatic heterocycles. The third-order valence-corrected chi connectivity index (χ3v) is 5.65. The average Bonchev–Trinajstić information content (AvgIpc) is 2.88. The van der Waals surface area contributed by atoms with Crippen molar-refractivity contribution < 1.29 is 21.6 Å². The summed E-state index contributed by atoms with van der Waals surface area (Å²) in [6.07, 6.45) is -2.79. The summed E-state index contributed by atoms with van der Waals surface area (Å²) in [5, 5.41) is 3.11. The molecule has 2 N–H and O–H groups in total. The maximum Gasteiger partial charge on any atom is 0.416 e. The molecule has 1 aliphatic rings. The van der Waals surface area contributed by atoms with E-state index in [-0.39, 0.29) is 29.5 Å². The zero-order chi connectivity index (χ0) is 15.7. The van der Waals surface area contributed by atoms with E-state index in [1.54, 1.807) is 0 Å². The third-order valence-electron chi connectivity index (χ3n) is 3.23. The standard InChI is InChI=1S/C12H14BrF3N2O2S.ClH/c13-10-4-3-8(12(14,15)16)6-11(10)21(19,20)18-7-9-2-1-5-17-9;/h3-4,6,9,17-18H,1-2,5,7H2;1H. The summed E-state index contributed by atoms with van der Waals surface area (Å²) in [5.41, 5.74) is -0.995. The minimum Gasteiger partial charge on any atom is -0.313 e. The first-order valence-corrected chi connectivity index (χ1v) is 8.57. The summed E-state index contributed by atoms with van der Waals surface area (Å²) >= 11 is 2.98. The highest BCUT2D eigenvalue weighted by Crippen LogP contribution is 2.33. The van der Waals surface area contributed by atoms with Crippen LogP contribution in [-0.4, -0.2) is 27.5 Å². The first-order chi connectivity index (χ1) is 9.70. The molecule has 0 aliphatic carbocycles. The molecule has 2 rings (SSSR count). The lowest BCUT2D eigenvalue weighted by atomic mass is 10.2. The van der Waals surface area contributed by atoms with Gasteiger partial charge in [0.1, 0.15) is 0 Å². The van der Waals surface area contributed by atoms with Crippen molar-refractivity contribution in [1.82, 2.24) is 10.0 Å². The molecule has 126 valence electrons.